The smallest absolute Gasteiger partial charge is 0.306 e. The van der Waals surface area contributed by atoms with Gasteiger partial charge in [0.15, 0.2) is 0 Å². The van der Waals surface area contributed by atoms with Gasteiger partial charge < -0.3 is 20.3 Å². The van der Waals surface area contributed by atoms with E-state index in [1.165, 1.54) is 116 Å². The van der Waals surface area contributed by atoms with Crippen LogP contribution in [0.4, 0.5) is 0 Å². The van der Waals surface area contributed by atoms with Crippen LogP contribution in [0.15, 0.2) is 60.8 Å². The summed E-state index contributed by atoms with van der Waals surface area (Å²) in [6, 6.07) is -0.710. The van der Waals surface area contributed by atoms with E-state index in [0.717, 1.165) is 89.9 Å². The van der Waals surface area contributed by atoms with Gasteiger partial charge in [0.25, 0.3) is 0 Å². The van der Waals surface area contributed by atoms with E-state index in [1.54, 1.807) is 0 Å². The van der Waals surface area contributed by atoms with E-state index in [2.05, 4.69) is 68.6 Å². The second-order valence-electron chi connectivity index (χ2n) is 17.6. The normalized spacial score (nSPS) is 13.7. The number of hydrogen-bond donors (Lipinski definition) is 3. The van der Waals surface area contributed by atoms with Gasteiger partial charge in [-0.25, -0.2) is 0 Å². The van der Waals surface area contributed by atoms with Gasteiger partial charge in [-0.3, -0.25) is 9.59 Å². The lowest BCUT2D eigenvalue weighted by molar-refractivity contribution is -0.151. The second kappa shape index (κ2) is 48.6. The lowest BCUT2D eigenvalue weighted by Crippen LogP contribution is -2.46. The Bertz CT molecular complexity index is 1090. The summed E-state index contributed by atoms with van der Waals surface area (Å²) in [4.78, 5) is 26.1. The number of amides is 1. The van der Waals surface area contributed by atoms with E-state index in [9.17, 15) is 19.8 Å². The molecule has 0 bridgehead atoms. The van der Waals surface area contributed by atoms with Crippen molar-refractivity contribution in [3.63, 3.8) is 0 Å². The Hall–Kier alpha value is -2.44. The average Bonchev–Trinajstić information content (AvgIpc) is 3.25. The summed E-state index contributed by atoms with van der Waals surface area (Å²) in [7, 11) is 0. The van der Waals surface area contributed by atoms with E-state index in [-0.39, 0.29) is 24.9 Å². The molecule has 0 heterocycles. The Morgan fingerprint density at radius 2 is 0.902 bits per heavy atom. The summed E-state index contributed by atoms with van der Waals surface area (Å²) >= 11 is 0. The maximum atomic E-state index is 13.2. The molecule has 6 heteroatoms. The number of allylic oxidation sites excluding steroid dienone is 10. The molecule has 0 saturated carbocycles. The summed E-state index contributed by atoms with van der Waals surface area (Å²) in [6.07, 6.45) is 59.9. The van der Waals surface area contributed by atoms with Gasteiger partial charge in [0, 0.05) is 6.42 Å². The number of rotatable bonds is 46. The number of esters is 1. The Balaban J connectivity index is 4.61. The molecule has 6 nitrogen and oxygen atoms in total. The molecule has 0 aliphatic heterocycles. The summed E-state index contributed by atoms with van der Waals surface area (Å²) in [6.45, 7) is 6.33. The minimum atomic E-state index is -0.795. The van der Waals surface area contributed by atoms with Crippen LogP contribution in [0.25, 0.3) is 0 Å². The van der Waals surface area contributed by atoms with Crippen LogP contribution in [0.2, 0.25) is 0 Å². The molecule has 0 radical (unpaired) electrons. The van der Waals surface area contributed by atoms with Crippen molar-refractivity contribution in [2.45, 2.75) is 270 Å². The molecule has 0 rings (SSSR count). The Morgan fingerprint density at radius 1 is 0.492 bits per heavy atom. The maximum absolute atomic E-state index is 13.2. The predicted octanol–water partition coefficient (Wildman–Crippen LogP) is 15.6. The highest BCUT2D eigenvalue weighted by Gasteiger charge is 2.24. The van der Waals surface area contributed by atoms with Crippen LogP contribution in [0, 0.1) is 0 Å². The van der Waals surface area contributed by atoms with Crippen molar-refractivity contribution in [3.8, 4) is 0 Å². The summed E-state index contributed by atoms with van der Waals surface area (Å²) < 4.78 is 5.92. The van der Waals surface area contributed by atoms with Crippen LogP contribution in [-0.4, -0.2) is 46.9 Å². The molecule has 0 aromatic carbocycles. The predicted molar refractivity (Wildman–Crippen MR) is 264 cm³/mol. The summed E-state index contributed by atoms with van der Waals surface area (Å²) in [5, 5.41) is 23.8. The zero-order valence-electron chi connectivity index (χ0n) is 40.3. The Kier molecular flexibility index (Phi) is 46.6. The molecule has 0 saturated heterocycles. The summed E-state index contributed by atoms with van der Waals surface area (Å²) in [5.74, 6) is -0.506. The van der Waals surface area contributed by atoms with Gasteiger partial charge in [-0.05, 0) is 70.6 Å². The third kappa shape index (κ3) is 44.0. The summed E-state index contributed by atoms with van der Waals surface area (Å²) in [5.41, 5.74) is 0. The van der Waals surface area contributed by atoms with Crippen molar-refractivity contribution in [2.24, 2.45) is 0 Å². The molecular weight excluding hydrogens is 755 g/mol. The highest BCUT2D eigenvalue weighted by Crippen LogP contribution is 2.18. The van der Waals surface area contributed by atoms with Crippen molar-refractivity contribution in [3.05, 3.63) is 60.8 Å². The van der Waals surface area contributed by atoms with E-state index in [1.807, 2.05) is 18.2 Å². The zero-order valence-corrected chi connectivity index (χ0v) is 40.3. The van der Waals surface area contributed by atoms with Gasteiger partial charge in [-0.1, -0.05) is 229 Å². The second-order valence-corrected chi connectivity index (χ2v) is 17.6. The molecule has 0 aromatic rings. The van der Waals surface area contributed by atoms with Gasteiger partial charge in [0.05, 0.1) is 25.2 Å². The van der Waals surface area contributed by atoms with Crippen molar-refractivity contribution in [1.29, 1.82) is 0 Å². The highest BCUT2D eigenvalue weighted by atomic mass is 16.5. The first-order valence-electron chi connectivity index (χ1n) is 26.1. The topological polar surface area (TPSA) is 95.9 Å². The third-order valence-electron chi connectivity index (χ3n) is 11.7. The molecule has 354 valence electrons. The number of aliphatic hydroxyl groups is 2. The van der Waals surface area contributed by atoms with Gasteiger partial charge in [0.1, 0.15) is 6.10 Å². The van der Waals surface area contributed by atoms with Crippen LogP contribution in [0.3, 0.4) is 0 Å². The number of carbonyl (C=O) groups is 2. The molecule has 1 amide bonds. The number of unbranched alkanes of at least 4 members (excludes halogenated alkanes) is 27. The van der Waals surface area contributed by atoms with Crippen molar-refractivity contribution in [1.82, 2.24) is 5.32 Å². The van der Waals surface area contributed by atoms with Crippen LogP contribution >= 0.6 is 0 Å². The largest absolute Gasteiger partial charge is 0.462 e. The number of ether oxygens (including phenoxy) is 1. The first-order chi connectivity index (χ1) is 30.0. The SMILES string of the molecule is CC/C=C/C=C/C=C/C=C\CCCCCCCC(=O)OC(CCCCCCC/C=C\CCCCCC)CC(=O)NC(CO)C(O)CCCCCCCCCCCCCCCC. The van der Waals surface area contributed by atoms with Gasteiger partial charge in [-0.15, -0.1) is 0 Å². The van der Waals surface area contributed by atoms with Crippen molar-refractivity contribution in [2.75, 3.05) is 6.61 Å². The third-order valence-corrected chi connectivity index (χ3v) is 11.7. The minimum Gasteiger partial charge on any atom is -0.462 e. The monoisotopic (exact) mass is 854 g/mol. The van der Waals surface area contributed by atoms with E-state index < -0.39 is 18.2 Å². The Labute approximate surface area is 378 Å². The van der Waals surface area contributed by atoms with Crippen LogP contribution < -0.4 is 5.32 Å². The molecule has 61 heavy (non-hydrogen) atoms. The molecular formula is C55H99NO5. The Morgan fingerprint density at radius 3 is 1.41 bits per heavy atom. The minimum absolute atomic E-state index is 0.0613. The molecule has 3 unspecified atom stereocenters. The first kappa shape index (κ1) is 58.6. The lowest BCUT2D eigenvalue weighted by Gasteiger charge is -2.24. The molecule has 0 aliphatic carbocycles. The molecule has 3 N–H and O–H groups in total. The fraction of sp³-hybridized carbons (Fsp3) is 0.782. The zero-order chi connectivity index (χ0) is 44.5. The maximum Gasteiger partial charge on any atom is 0.306 e. The fourth-order valence-electron chi connectivity index (χ4n) is 7.73. The van der Waals surface area contributed by atoms with E-state index >= 15 is 0 Å². The van der Waals surface area contributed by atoms with E-state index in [0.29, 0.717) is 19.3 Å². The van der Waals surface area contributed by atoms with Gasteiger partial charge in [-0.2, -0.15) is 0 Å². The number of nitrogens with one attached hydrogen (secondary N) is 1. The lowest BCUT2D eigenvalue weighted by atomic mass is 10.0. The quantitative estimate of drug-likeness (QED) is 0.0245. The number of carbonyl (C=O) groups excluding carboxylic acids is 2. The number of hydrogen-bond acceptors (Lipinski definition) is 5. The van der Waals surface area contributed by atoms with Gasteiger partial charge in [0.2, 0.25) is 5.91 Å². The van der Waals surface area contributed by atoms with Gasteiger partial charge >= 0.3 is 5.97 Å². The highest BCUT2D eigenvalue weighted by molar-refractivity contribution is 5.77. The van der Waals surface area contributed by atoms with Crippen LogP contribution in [0.1, 0.15) is 252 Å². The van der Waals surface area contributed by atoms with E-state index in [4.69, 9.17) is 4.74 Å². The van der Waals surface area contributed by atoms with Crippen molar-refractivity contribution < 1.29 is 24.5 Å². The molecule has 0 fully saturated rings. The average molecular weight is 854 g/mol. The molecule has 3 atom stereocenters. The van der Waals surface area contributed by atoms with Crippen LogP contribution in [-0.2, 0) is 14.3 Å². The fourth-order valence-corrected chi connectivity index (χ4v) is 7.73. The molecule has 0 spiro atoms. The molecule has 0 aromatic heterocycles. The standard InChI is InChI=1S/C55H99NO5/c1-4-7-10-13-16-19-22-25-27-30-33-36-39-42-45-48-55(60)61-51(46-43-40-37-34-31-28-24-21-18-15-12-9-6-3)49-54(59)56-52(50-57)53(58)47-44-41-38-35-32-29-26-23-20-17-14-11-8-5-2/h7,10,13,16,19,21-22,24-25,27,51-53,57-58H,4-6,8-9,11-12,14-15,17-18,20,23,26,28-50H2,1-3H3,(H,56,59)/b10-7+,16-13+,22-19+,24-21-,27-25-. The van der Waals surface area contributed by atoms with Crippen molar-refractivity contribution >= 4 is 11.9 Å². The first-order valence-corrected chi connectivity index (χ1v) is 26.1. The number of aliphatic hydroxyl groups excluding tert-OH is 2. The molecule has 0 aliphatic rings. The van der Waals surface area contributed by atoms with Crippen LogP contribution in [0.5, 0.6) is 0 Å².